The fourth-order valence-corrected chi connectivity index (χ4v) is 1.98. The van der Waals surface area contributed by atoms with Crippen LogP contribution in [0.4, 0.5) is 0 Å². The van der Waals surface area contributed by atoms with E-state index in [4.69, 9.17) is 0 Å². The molecule has 0 aromatic carbocycles. The molecule has 0 aliphatic rings. The summed E-state index contributed by atoms with van der Waals surface area (Å²) in [7, 11) is 1.34. The molecule has 44 valence electrons. The Bertz CT molecular complexity index is 39.1. The third-order valence-electron chi connectivity index (χ3n) is 1.09. The predicted molar refractivity (Wildman–Crippen MR) is 42.4 cm³/mol. The van der Waals surface area contributed by atoms with Gasteiger partial charge in [0.15, 0.2) is 0 Å². The standard InChI is InChI=1S/C5H14SSi/c1-2-5(6)3-4-7/h5-6H,2-4H2,1,7H3. The molecule has 0 spiro atoms. The van der Waals surface area contributed by atoms with E-state index in [0.29, 0.717) is 5.25 Å². The predicted octanol–water partition coefficient (Wildman–Crippen LogP) is 0.869. The first-order chi connectivity index (χ1) is 3.31. The molecule has 7 heavy (non-hydrogen) atoms. The first-order valence-electron chi connectivity index (χ1n) is 2.99. The lowest BCUT2D eigenvalue weighted by Crippen LogP contribution is -1.93. The summed E-state index contributed by atoms with van der Waals surface area (Å²) in [5.74, 6) is 0. The molecule has 0 aliphatic carbocycles. The van der Waals surface area contributed by atoms with Gasteiger partial charge in [-0.15, -0.1) is 0 Å². The van der Waals surface area contributed by atoms with Crippen LogP contribution in [0.15, 0.2) is 0 Å². The molecule has 0 heterocycles. The minimum absolute atomic E-state index is 0.678. The van der Waals surface area contributed by atoms with Crippen molar-refractivity contribution in [2.24, 2.45) is 0 Å². The largest absolute Gasteiger partial charge is 0.176 e. The van der Waals surface area contributed by atoms with Crippen molar-refractivity contribution in [1.29, 1.82) is 0 Å². The normalized spacial score (nSPS) is 14.6. The highest BCUT2D eigenvalue weighted by atomic mass is 32.1. The second-order valence-electron chi connectivity index (χ2n) is 1.85. The number of hydrogen-bond donors (Lipinski definition) is 1. The highest BCUT2D eigenvalue weighted by Gasteiger charge is 1.93. The molecule has 0 radical (unpaired) electrons. The lowest BCUT2D eigenvalue weighted by atomic mass is 10.3. The highest BCUT2D eigenvalue weighted by molar-refractivity contribution is 7.80. The minimum Gasteiger partial charge on any atom is -0.176 e. The van der Waals surface area contributed by atoms with E-state index < -0.39 is 0 Å². The van der Waals surface area contributed by atoms with Crippen molar-refractivity contribution >= 4 is 22.9 Å². The van der Waals surface area contributed by atoms with Crippen molar-refractivity contribution in [1.82, 2.24) is 0 Å². The van der Waals surface area contributed by atoms with Crippen molar-refractivity contribution in [3.8, 4) is 0 Å². The Morgan fingerprint density at radius 3 is 2.43 bits per heavy atom. The van der Waals surface area contributed by atoms with E-state index in [9.17, 15) is 0 Å². The van der Waals surface area contributed by atoms with E-state index in [2.05, 4.69) is 19.6 Å². The van der Waals surface area contributed by atoms with Crippen molar-refractivity contribution < 1.29 is 0 Å². The fourth-order valence-electron chi connectivity index (χ4n) is 0.537. The molecular weight excluding hydrogens is 120 g/mol. The van der Waals surface area contributed by atoms with Crippen LogP contribution < -0.4 is 0 Å². The summed E-state index contributed by atoms with van der Waals surface area (Å²) in [5.41, 5.74) is 0. The Balaban J connectivity index is 2.83. The second-order valence-corrected chi connectivity index (χ2v) is 3.58. The molecule has 0 nitrogen and oxygen atoms in total. The maximum Gasteiger partial charge on any atom is 0.00285 e. The van der Waals surface area contributed by atoms with Crippen LogP contribution in [0.5, 0.6) is 0 Å². The van der Waals surface area contributed by atoms with E-state index in [0.717, 1.165) is 0 Å². The number of thiol groups is 1. The van der Waals surface area contributed by atoms with Gasteiger partial charge in [0.2, 0.25) is 0 Å². The molecule has 1 unspecified atom stereocenters. The topological polar surface area (TPSA) is 0 Å². The monoisotopic (exact) mass is 134 g/mol. The molecule has 0 amide bonds. The minimum atomic E-state index is 0.678. The average molecular weight is 134 g/mol. The molecular formula is C5H14SSi. The molecule has 0 rings (SSSR count). The van der Waals surface area contributed by atoms with Crippen LogP contribution in [-0.4, -0.2) is 15.5 Å². The van der Waals surface area contributed by atoms with E-state index >= 15 is 0 Å². The lowest BCUT2D eigenvalue weighted by molar-refractivity contribution is 0.797. The molecule has 1 atom stereocenters. The van der Waals surface area contributed by atoms with Gasteiger partial charge in [-0.25, -0.2) is 0 Å². The van der Waals surface area contributed by atoms with E-state index in [1.807, 2.05) is 0 Å². The summed E-state index contributed by atoms with van der Waals surface area (Å²) < 4.78 is 0. The van der Waals surface area contributed by atoms with Crippen LogP contribution in [0.25, 0.3) is 0 Å². The summed E-state index contributed by atoms with van der Waals surface area (Å²) >= 11 is 4.33. The molecule has 0 saturated carbocycles. The SMILES string of the molecule is CCC(S)CC[SiH3]. The zero-order valence-electron chi connectivity index (χ0n) is 5.15. The molecule has 2 heteroatoms. The number of rotatable bonds is 3. The maximum atomic E-state index is 4.33. The maximum absolute atomic E-state index is 4.33. The summed E-state index contributed by atoms with van der Waals surface area (Å²) in [4.78, 5) is 0. The zero-order valence-corrected chi connectivity index (χ0v) is 8.04. The van der Waals surface area contributed by atoms with Gasteiger partial charge in [-0.3, -0.25) is 0 Å². The van der Waals surface area contributed by atoms with Crippen molar-refractivity contribution in [3.05, 3.63) is 0 Å². The van der Waals surface area contributed by atoms with Crippen molar-refractivity contribution in [3.63, 3.8) is 0 Å². The van der Waals surface area contributed by atoms with E-state index in [1.54, 1.807) is 0 Å². The van der Waals surface area contributed by atoms with Gasteiger partial charge >= 0.3 is 0 Å². The van der Waals surface area contributed by atoms with Crippen LogP contribution >= 0.6 is 12.6 Å². The van der Waals surface area contributed by atoms with Gasteiger partial charge in [0.1, 0.15) is 0 Å². The van der Waals surface area contributed by atoms with E-state index in [1.165, 1.54) is 29.1 Å². The molecule has 0 aromatic heterocycles. The van der Waals surface area contributed by atoms with Crippen LogP contribution in [0.2, 0.25) is 6.04 Å². The summed E-state index contributed by atoms with van der Waals surface area (Å²) in [6.07, 6.45) is 2.55. The Morgan fingerprint density at radius 1 is 1.71 bits per heavy atom. The van der Waals surface area contributed by atoms with E-state index in [-0.39, 0.29) is 0 Å². The molecule has 0 aromatic rings. The Hall–Kier alpha value is 0.567. The van der Waals surface area contributed by atoms with Crippen LogP contribution in [0, 0.1) is 0 Å². The number of hydrogen-bond acceptors (Lipinski definition) is 1. The summed E-state index contributed by atoms with van der Waals surface area (Å²) in [6, 6.07) is 1.40. The smallest absolute Gasteiger partial charge is 0.00285 e. The quantitative estimate of drug-likeness (QED) is 0.430. The highest BCUT2D eigenvalue weighted by Crippen LogP contribution is 2.06. The van der Waals surface area contributed by atoms with Gasteiger partial charge in [-0.2, -0.15) is 12.6 Å². The summed E-state index contributed by atoms with van der Waals surface area (Å²) in [6.45, 7) is 2.19. The first kappa shape index (κ1) is 7.57. The summed E-state index contributed by atoms with van der Waals surface area (Å²) in [5, 5.41) is 0.678. The Labute approximate surface area is 54.5 Å². The Morgan fingerprint density at radius 2 is 2.29 bits per heavy atom. The first-order valence-corrected chi connectivity index (χ1v) is 4.92. The lowest BCUT2D eigenvalue weighted by Gasteiger charge is -2.01. The van der Waals surface area contributed by atoms with Crippen LogP contribution in [0.3, 0.4) is 0 Å². The van der Waals surface area contributed by atoms with Gasteiger partial charge in [0.05, 0.1) is 0 Å². The van der Waals surface area contributed by atoms with Gasteiger partial charge in [0, 0.05) is 15.5 Å². The van der Waals surface area contributed by atoms with Gasteiger partial charge in [-0.1, -0.05) is 13.0 Å². The molecule has 0 aliphatic heterocycles. The third kappa shape index (κ3) is 4.42. The van der Waals surface area contributed by atoms with Gasteiger partial charge in [-0.05, 0) is 12.8 Å². The van der Waals surface area contributed by atoms with Crippen molar-refractivity contribution in [2.75, 3.05) is 0 Å². The molecule has 0 fully saturated rings. The Kier molecular flexibility index (Phi) is 5.10. The van der Waals surface area contributed by atoms with Gasteiger partial charge < -0.3 is 0 Å². The van der Waals surface area contributed by atoms with Crippen molar-refractivity contribution in [2.45, 2.75) is 31.1 Å². The second kappa shape index (κ2) is 4.72. The third-order valence-corrected chi connectivity index (χ3v) is 2.29. The molecule has 0 saturated heterocycles. The van der Waals surface area contributed by atoms with Crippen LogP contribution in [0.1, 0.15) is 19.8 Å². The zero-order chi connectivity index (χ0) is 5.70. The average Bonchev–Trinajstić information content (AvgIpc) is 1.68. The van der Waals surface area contributed by atoms with Gasteiger partial charge in [0.25, 0.3) is 0 Å². The molecule has 0 N–H and O–H groups in total. The molecule has 0 bridgehead atoms. The van der Waals surface area contributed by atoms with Crippen LogP contribution in [-0.2, 0) is 0 Å². The fraction of sp³-hybridized carbons (Fsp3) is 1.00.